The lowest BCUT2D eigenvalue weighted by atomic mass is 10.7. The second kappa shape index (κ2) is 9.51. The molecule has 2 nitrogen and oxygen atoms in total. The fourth-order valence-electron chi connectivity index (χ4n) is 0.289. The van der Waals surface area contributed by atoms with E-state index >= 15 is 0 Å². The highest BCUT2D eigenvalue weighted by atomic mass is 35.5. The molecule has 0 atom stereocenters. The van der Waals surface area contributed by atoms with Crippen LogP contribution in [0.1, 0.15) is 12.8 Å². The third-order valence-corrected chi connectivity index (χ3v) is 0.658. The Kier molecular flexibility index (Phi) is 13.9. The summed E-state index contributed by atoms with van der Waals surface area (Å²) < 4.78 is 0. The number of rotatable bonds is 3. The van der Waals surface area contributed by atoms with Gasteiger partial charge in [0, 0.05) is 0 Å². The molecule has 0 aliphatic heterocycles. The van der Waals surface area contributed by atoms with Gasteiger partial charge < -0.3 is 11.5 Å². The van der Waals surface area contributed by atoms with Crippen molar-refractivity contribution in [3.8, 4) is 0 Å². The van der Waals surface area contributed by atoms with Crippen molar-refractivity contribution in [3.05, 3.63) is 0 Å². The van der Waals surface area contributed by atoms with Crippen LogP contribution in [0.4, 0.5) is 0 Å². The summed E-state index contributed by atoms with van der Waals surface area (Å²) in [7, 11) is 0. The number of halogens is 1. The van der Waals surface area contributed by atoms with Crippen LogP contribution in [0.15, 0.2) is 0 Å². The minimum atomic E-state index is 0. The summed E-state index contributed by atoms with van der Waals surface area (Å²) in [6.45, 7) is 1.55. The molecule has 0 rings (SSSR count). The normalized spacial score (nSPS) is 7.71. The highest BCUT2D eigenvalue weighted by Crippen LogP contribution is 1.77. The largest absolute Gasteiger partial charge is 0.330 e. The summed E-state index contributed by atoms with van der Waals surface area (Å²) in [5.74, 6) is 0. The van der Waals surface area contributed by atoms with Crippen LogP contribution in [0, 0.1) is 0 Å². The molecule has 0 aromatic rings. The van der Waals surface area contributed by atoms with Crippen molar-refractivity contribution >= 4 is 12.4 Å². The SMILES string of the molecule is Cl.N[14CH2]CC[14CH2]N. The summed E-state index contributed by atoms with van der Waals surface area (Å²) >= 11 is 0. The summed E-state index contributed by atoms with van der Waals surface area (Å²) in [5, 5.41) is 0. The minimum Gasteiger partial charge on any atom is -0.330 e. The molecule has 0 aromatic carbocycles. The van der Waals surface area contributed by atoms with Crippen LogP contribution in [0.25, 0.3) is 0 Å². The van der Waals surface area contributed by atoms with E-state index in [1.54, 1.807) is 0 Å². The van der Waals surface area contributed by atoms with Gasteiger partial charge in [0.1, 0.15) is 0 Å². The predicted molar refractivity (Wildman–Crippen MR) is 34.6 cm³/mol. The van der Waals surface area contributed by atoms with Gasteiger partial charge in [-0.15, -0.1) is 12.4 Å². The predicted octanol–water partition coefficient (Wildman–Crippen LogP) is 0.106. The molecule has 0 radical (unpaired) electrons. The summed E-state index contributed by atoms with van der Waals surface area (Å²) in [5.41, 5.74) is 10.3. The monoisotopic (exact) mass is 128 g/mol. The van der Waals surface area contributed by atoms with E-state index in [-0.39, 0.29) is 12.4 Å². The van der Waals surface area contributed by atoms with Crippen LogP contribution in [0.5, 0.6) is 0 Å². The van der Waals surface area contributed by atoms with Crippen molar-refractivity contribution in [2.45, 2.75) is 12.8 Å². The van der Waals surface area contributed by atoms with E-state index < -0.39 is 0 Å². The van der Waals surface area contributed by atoms with Gasteiger partial charge in [-0.1, -0.05) is 0 Å². The zero-order valence-corrected chi connectivity index (χ0v) is 5.21. The maximum absolute atomic E-state index is 5.16. The molecular formula is C4H13ClN2. The molecular weight excluding hydrogens is 115 g/mol. The van der Waals surface area contributed by atoms with E-state index in [1.165, 1.54) is 0 Å². The number of nitrogens with two attached hydrogens (primary N) is 2. The van der Waals surface area contributed by atoms with Gasteiger partial charge in [0.25, 0.3) is 0 Å². The van der Waals surface area contributed by atoms with E-state index in [9.17, 15) is 0 Å². The van der Waals surface area contributed by atoms with Gasteiger partial charge in [-0.25, -0.2) is 0 Å². The van der Waals surface area contributed by atoms with E-state index in [2.05, 4.69) is 0 Å². The Morgan fingerprint density at radius 2 is 1.29 bits per heavy atom. The maximum Gasteiger partial charge on any atom is -0.00768 e. The van der Waals surface area contributed by atoms with E-state index in [0.29, 0.717) is 0 Å². The maximum atomic E-state index is 5.16. The molecule has 7 heavy (non-hydrogen) atoms. The molecule has 4 N–H and O–H groups in total. The summed E-state index contributed by atoms with van der Waals surface area (Å²) in [4.78, 5) is 0. The first-order valence-electron chi connectivity index (χ1n) is 2.32. The van der Waals surface area contributed by atoms with Gasteiger partial charge >= 0.3 is 0 Å². The van der Waals surface area contributed by atoms with Crippen molar-refractivity contribution in [3.63, 3.8) is 0 Å². The van der Waals surface area contributed by atoms with E-state index in [4.69, 9.17) is 11.5 Å². The summed E-state index contributed by atoms with van der Waals surface area (Å²) in [6, 6.07) is 0. The molecule has 0 saturated carbocycles. The Balaban J connectivity index is 0. The molecule has 3 heteroatoms. The molecule has 0 saturated heterocycles. The third-order valence-electron chi connectivity index (χ3n) is 0.658. The Morgan fingerprint density at radius 1 is 1.00 bits per heavy atom. The molecule has 46 valence electrons. The van der Waals surface area contributed by atoms with Crippen molar-refractivity contribution in [1.82, 2.24) is 0 Å². The fourth-order valence-corrected chi connectivity index (χ4v) is 0.289. The highest BCUT2D eigenvalue weighted by molar-refractivity contribution is 5.85. The van der Waals surface area contributed by atoms with Crippen LogP contribution in [-0.2, 0) is 0 Å². The van der Waals surface area contributed by atoms with Gasteiger partial charge in [-0.2, -0.15) is 0 Å². The van der Waals surface area contributed by atoms with E-state index in [0.717, 1.165) is 25.9 Å². The number of hydrogen-bond donors (Lipinski definition) is 2. The zero-order chi connectivity index (χ0) is 4.83. The first kappa shape index (κ1) is 10.2. The van der Waals surface area contributed by atoms with Crippen molar-refractivity contribution < 1.29 is 0 Å². The van der Waals surface area contributed by atoms with Crippen LogP contribution < -0.4 is 11.5 Å². The fraction of sp³-hybridized carbons (Fsp3) is 1.00. The Hall–Kier alpha value is 0.210. The molecule has 0 heterocycles. The third kappa shape index (κ3) is 10.7. The highest BCUT2D eigenvalue weighted by Gasteiger charge is 1.75. The minimum absolute atomic E-state index is 0. The first-order valence-corrected chi connectivity index (χ1v) is 2.32. The average Bonchev–Trinajstić information content (AvgIpc) is 1.61. The second-order valence-electron chi connectivity index (χ2n) is 1.28. The number of unbranched alkanes of at least 4 members (excludes halogenated alkanes) is 1. The standard InChI is InChI=1S/C4H12N2.ClH/c5-3-1-2-4-6;/h1-6H2;1H/i3+2,4+2;. The lowest BCUT2D eigenvalue weighted by molar-refractivity contribution is 0.755. The smallest absolute Gasteiger partial charge is 0.00768 e. The average molecular weight is 129 g/mol. The van der Waals surface area contributed by atoms with E-state index in [1.807, 2.05) is 0 Å². The van der Waals surface area contributed by atoms with Crippen molar-refractivity contribution in [2.75, 3.05) is 13.1 Å². The van der Waals surface area contributed by atoms with Crippen LogP contribution in [-0.4, -0.2) is 13.1 Å². The molecule has 0 bridgehead atoms. The molecule has 0 aliphatic rings. The zero-order valence-electron chi connectivity index (χ0n) is 4.39. The molecule has 0 aromatic heterocycles. The quantitative estimate of drug-likeness (QED) is 0.530. The molecule has 0 fully saturated rings. The Morgan fingerprint density at radius 3 is 1.43 bits per heavy atom. The molecule has 0 amide bonds. The van der Waals surface area contributed by atoms with Gasteiger partial charge in [-0.05, 0) is 25.9 Å². The topological polar surface area (TPSA) is 52.0 Å². The molecule has 0 unspecified atom stereocenters. The Bertz CT molecular complexity index is 21.7. The summed E-state index contributed by atoms with van der Waals surface area (Å²) in [6.07, 6.45) is 2.13. The lowest BCUT2D eigenvalue weighted by Gasteiger charge is -1.87. The molecule has 0 spiro atoms. The van der Waals surface area contributed by atoms with Crippen LogP contribution in [0.3, 0.4) is 0 Å². The van der Waals surface area contributed by atoms with Crippen molar-refractivity contribution in [1.29, 1.82) is 0 Å². The van der Waals surface area contributed by atoms with Gasteiger partial charge in [0.2, 0.25) is 0 Å². The second-order valence-corrected chi connectivity index (χ2v) is 1.28. The van der Waals surface area contributed by atoms with Gasteiger partial charge in [0.05, 0.1) is 0 Å². The van der Waals surface area contributed by atoms with Crippen LogP contribution in [0.2, 0.25) is 0 Å². The van der Waals surface area contributed by atoms with Gasteiger partial charge in [-0.3, -0.25) is 0 Å². The van der Waals surface area contributed by atoms with Crippen LogP contribution >= 0.6 is 12.4 Å². The lowest BCUT2D eigenvalue weighted by Crippen LogP contribution is -2.03. The Labute approximate surface area is 50.7 Å². The number of hydrogen-bond acceptors (Lipinski definition) is 2. The first-order chi connectivity index (χ1) is 2.91. The van der Waals surface area contributed by atoms with Crippen molar-refractivity contribution in [2.24, 2.45) is 11.5 Å². The molecule has 0 aliphatic carbocycles. The van der Waals surface area contributed by atoms with Gasteiger partial charge in [0.15, 0.2) is 0 Å².